The topological polar surface area (TPSA) is 122 Å². The molecule has 1 aliphatic heterocycles. The Labute approximate surface area is 73.3 Å². The fourth-order valence-electron chi connectivity index (χ4n) is 0.954. The number of amides is 3. The molecule has 0 saturated carbocycles. The van der Waals surface area contributed by atoms with E-state index in [1.165, 1.54) is 0 Å². The minimum Gasteiger partial charge on any atom is -0.381 e. The second kappa shape index (κ2) is 3.40. The molecule has 72 valence electrons. The molecule has 1 aliphatic rings. The van der Waals surface area contributed by atoms with Crippen LogP contribution in [0.15, 0.2) is 0 Å². The summed E-state index contributed by atoms with van der Waals surface area (Å²) in [4.78, 5) is 32.2. The molecule has 1 fully saturated rings. The van der Waals surface area contributed by atoms with E-state index in [1.807, 2.05) is 0 Å². The Morgan fingerprint density at radius 3 is 2.77 bits per heavy atom. The monoisotopic (exact) mass is 187 g/mol. The predicted octanol–water partition coefficient (Wildman–Crippen LogP) is -3.55. The lowest BCUT2D eigenvalue weighted by Gasteiger charge is -2.25. The predicted molar refractivity (Wildman–Crippen MR) is 40.1 cm³/mol. The van der Waals surface area contributed by atoms with E-state index in [1.54, 1.807) is 0 Å². The van der Waals surface area contributed by atoms with Crippen molar-refractivity contribution < 1.29 is 19.5 Å². The normalized spacial score (nSPS) is 24.5. The number of carbonyl (C=O) groups is 3. The van der Waals surface area contributed by atoms with Crippen LogP contribution in [0.2, 0.25) is 0 Å². The van der Waals surface area contributed by atoms with Crippen LogP contribution in [0.1, 0.15) is 0 Å². The van der Waals surface area contributed by atoms with Crippen molar-refractivity contribution in [3.63, 3.8) is 0 Å². The number of nitrogens with one attached hydrogen (secondary N) is 2. The van der Waals surface area contributed by atoms with Crippen LogP contribution in [0.25, 0.3) is 0 Å². The number of hydrogen-bond donors (Lipinski definition) is 4. The van der Waals surface area contributed by atoms with Gasteiger partial charge in [0.25, 0.3) is 0 Å². The van der Waals surface area contributed by atoms with Gasteiger partial charge in [-0.1, -0.05) is 0 Å². The van der Waals surface area contributed by atoms with Gasteiger partial charge in [0, 0.05) is 0 Å². The Kier molecular flexibility index (Phi) is 2.47. The van der Waals surface area contributed by atoms with Gasteiger partial charge in [-0.05, 0) is 0 Å². The molecule has 0 aromatic rings. The van der Waals surface area contributed by atoms with E-state index in [0.29, 0.717) is 0 Å². The van der Waals surface area contributed by atoms with Gasteiger partial charge in [0.05, 0.1) is 6.54 Å². The van der Waals surface area contributed by atoms with Crippen LogP contribution >= 0.6 is 0 Å². The van der Waals surface area contributed by atoms with Crippen LogP contribution in [0.3, 0.4) is 0 Å². The third-order valence-electron chi connectivity index (χ3n) is 1.63. The molecule has 0 radical (unpaired) electrons. The summed E-state index contributed by atoms with van der Waals surface area (Å²) < 4.78 is 0. The Bertz CT molecular complexity index is 263. The first-order chi connectivity index (χ1) is 6.02. The first-order valence-electron chi connectivity index (χ1n) is 3.57. The average molecular weight is 187 g/mol. The van der Waals surface area contributed by atoms with E-state index in [4.69, 9.17) is 10.8 Å². The standard InChI is InChI=1S/C6H9N3O4/c7-5(12)4(11)3-6(13)8-1-2(10)9-3/h3-4,11H,1H2,(H2,7,12)(H,8,13)(H,9,10). The van der Waals surface area contributed by atoms with Gasteiger partial charge < -0.3 is 21.5 Å². The molecule has 0 aliphatic carbocycles. The van der Waals surface area contributed by atoms with Gasteiger partial charge in [0.1, 0.15) is 6.04 Å². The van der Waals surface area contributed by atoms with E-state index in [0.717, 1.165) is 0 Å². The zero-order chi connectivity index (χ0) is 10.0. The first kappa shape index (κ1) is 9.46. The molecule has 13 heavy (non-hydrogen) atoms. The number of aliphatic hydroxyl groups excluding tert-OH is 1. The summed E-state index contributed by atoms with van der Waals surface area (Å²) in [6.07, 6.45) is -1.69. The number of carbonyl (C=O) groups excluding carboxylic acids is 3. The highest BCUT2D eigenvalue weighted by atomic mass is 16.3. The molecule has 1 saturated heterocycles. The van der Waals surface area contributed by atoms with Gasteiger partial charge in [-0.15, -0.1) is 0 Å². The molecule has 7 heteroatoms. The Hall–Kier alpha value is -1.63. The van der Waals surface area contributed by atoms with E-state index >= 15 is 0 Å². The smallest absolute Gasteiger partial charge is 0.248 e. The molecule has 3 amide bonds. The second-order valence-corrected chi connectivity index (χ2v) is 2.61. The summed E-state index contributed by atoms with van der Waals surface area (Å²) in [6, 6.07) is -1.28. The maximum absolute atomic E-state index is 11.0. The lowest BCUT2D eigenvalue weighted by atomic mass is 10.1. The molecule has 1 rings (SSSR count). The van der Waals surface area contributed by atoms with Gasteiger partial charge in [0.2, 0.25) is 17.7 Å². The highest BCUT2D eigenvalue weighted by Gasteiger charge is 2.34. The molecule has 0 aromatic heterocycles. The lowest BCUT2D eigenvalue weighted by Crippen LogP contribution is -2.63. The molecule has 0 aromatic carbocycles. The maximum atomic E-state index is 11.0. The summed E-state index contributed by atoms with van der Waals surface area (Å²) in [5, 5.41) is 13.4. The number of rotatable bonds is 2. The van der Waals surface area contributed by atoms with Crippen LogP contribution in [0.5, 0.6) is 0 Å². The van der Waals surface area contributed by atoms with Crippen molar-refractivity contribution in [2.24, 2.45) is 5.73 Å². The van der Waals surface area contributed by atoms with E-state index < -0.39 is 29.9 Å². The van der Waals surface area contributed by atoms with Gasteiger partial charge in [-0.2, -0.15) is 0 Å². The number of aliphatic hydroxyl groups is 1. The third kappa shape index (κ3) is 1.94. The van der Waals surface area contributed by atoms with Gasteiger partial charge in [0.15, 0.2) is 6.10 Å². The number of nitrogens with two attached hydrogens (primary N) is 1. The van der Waals surface area contributed by atoms with Crippen molar-refractivity contribution in [1.29, 1.82) is 0 Å². The van der Waals surface area contributed by atoms with Crippen LogP contribution < -0.4 is 16.4 Å². The molecule has 7 nitrogen and oxygen atoms in total. The molecule has 5 N–H and O–H groups in total. The first-order valence-corrected chi connectivity index (χ1v) is 3.57. The van der Waals surface area contributed by atoms with E-state index in [9.17, 15) is 14.4 Å². The molecular weight excluding hydrogens is 178 g/mol. The Balaban J connectivity index is 2.71. The molecule has 2 atom stereocenters. The number of piperazine rings is 1. The lowest BCUT2D eigenvalue weighted by molar-refractivity contribution is -0.141. The van der Waals surface area contributed by atoms with Gasteiger partial charge >= 0.3 is 0 Å². The second-order valence-electron chi connectivity index (χ2n) is 2.61. The Morgan fingerprint density at radius 2 is 2.23 bits per heavy atom. The number of hydrogen-bond acceptors (Lipinski definition) is 4. The van der Waals surface area contributed by atoms with Crippen molar-refractivity contribution >= 4 is 17.7 Å². The van der Waals surface area contributed by atoms with Crippen LogP contribution in [-0.2, 0) is 14.4 Å². The van der Waals surface area contributed by atoms with Crippen molar-refractivity contribution in [3.05, 3.63) is 0 Å². The molecular formula is C6H9N3O4. The average Bonchev–Trinajstić information content (AvgIpc) is 2.08. The van der Waals surface area contributed by atoms with Crippen molar-refractivity contribution in [2.45, 2.75) is 12.1 Å². The summed E-state index contributed by atoms with van der Waals surface area (Å²) in [7, 11) is 0. The van der Waals surface area contributed by atoms with E-state index in [2.05, 4.69) is 10.6 Å². The van der Waals surface area contributed by atoms with Crippen molar-refractivity contribution in [1.82, 2.24) is 10.6 Å². The quantitative estimate of drug-likeness (QED) is 0.357. The zero-order valence-corrected chi connectivity index (χ0v) is 6.61. The van der Waals surface area contributed by atoms with Gasteiger partial charge in [-0.3, -0.25) is 14.4 Å². The number of primary amides is 1. The minimum absolute atomic E-state index is 0.152. The van der Waals surface area contributed by atoms with Crippen LogP contribution in [-0.4, -0.2) is 41.5 Å². The summed E-state index contributed by atoms with van der Waals surface area (Å²) in [5.74, 6) is -2.14. The molecule has 2 unspecified atom stereocenters. The van der Waals surface area contributed by atoms with Crippen LogP contribution in [0, 0.1) is 0 Å². The fourth-order valence-corrected chi connectivity index (χ4v) is 0.954. The minimum atomic E-state index is -1.69. The molecule has 0 spiro atoms. The SMILES string of the molecule is NC(=O)C(O)C1NC(=O)CNC1=O. The largest absolute Gasteiger partial charge is 0.381 e. The van der Waals surface area contributed by atoms with Crippen LogP contribution in [0.4, 0.5) is 0 Å². The zero-order valence-electron chi connectivity index (χ0n) is 6.61. The van der Waals surface area contributed by atoms with Gasteiger partial charge in [-0.25, -0.2) is 0 Å². The highest BCUT2D eigenvalue weighted by Crippen LogP contribution is 1.97. The van der Waals surface area contributed by atoms with Crippen molar-refractivity contribution in [2.75, 3.05) is 6.54 Å². The molecule has 0 bridgehead atoms. The molecule has 1 heterocycles. The fraction of sp³-hybridized carbons (Fsp3) is 0.500. The van der Waals surface area contributed by atoms with E-state index in [-0.39, 0.29) is 6.54 Å². The highest BCUT2D eigenvalue weighted by molar-refractivity contribution is 5.98. The summed E-state index contributed by atoms with van der Waals surface area (Å²) in [5.41, 5.74) is 4.75. The van der Waals surface area contributed by atoms with Crippen molar-refractivity contribution in [3.8, 4) is 0 Å². The maximum Gasteiger partial charge on any atom is 0.248 e. The third-order valence-corrected chi connectivity index (χ3v) is 1.63. The summed E-state index contributed by atoms with van der Waals surface area (Å²) in [6.45, 7) is -0.152. The Morgan fingerprint density at radius 1 is 1.62 bits per heavy atom. The summed E-state index contributed by atoms with van der Waals surface area (Å²) >= 11 is 0.